The third-order valence-electron chi connectivity index (χ3n) is 3.39. The molecule has 5 heteroatoms. The lowest BCUT2D eigenvalue weighted by Crippen LogP contribution is -2.29. The molecule has 0 unspecified atom stereocenters. The third kappa shape index (κ3) is 3.41. The van der Waals surface area contributed by atoms with E-state index in [4.69, 9.17) is 10.9 Å². The van der Waals surface area contributed by atoms with Crippen molar-refractivity contribution in [3.8, 4) is 0 Å². The van der Waals surface area contributed by atoms with E-state index in [9.17, 15) is 0 Å². The van der Waals surface area contributed by atoms with E-state index in [1.54, 1.807) is 0 Å². The topological polar surface area (TPSA) is 61.8 Å². The van der Waals surface area contributed by atoms with Crippen molar-refractivity contribution < 1.29 is 5.21 Å². The maximum Gasteiger partial charge on any atom is 0.172 e. The number of halogens is 1. The number of unbranched alkanes of at least 4 members (excludes halogenated alkanes) is 1. The molecular weight excluding hydrogens is 306 g/mol. The third-order valence-corrected chi connectivity index (χ3v) is 3.89. The molecule has 1 saturated carbocycles. The molecule has 0 amide bonds. The van der Waals surface area contributed by atoms with Gasteiger partial charge in [-0.3, -0.25) is 0 Å². The van der Waals surface area contributed by atoms with Gasteiger partial charge < -0.3 is 15.8 Å². The highest BCUT2D eigenvalue weighted by molar-refractivity contribution is 9.10. The van der Waals surface area contributed by atoms with Gasteiger partial charge in [0.05, 0.1) is 0 Å². The maximum absolute atomic E-state index is 8.93. The maximum atomic E-state index is 8.93. The lowest BCUT2D eigenvalue weighted by Gasteiger charge is -2.27. The van der Waals surface area contributed by atoms with Crippen molar-refractivity contribution in [1.29, 1.82) is 0 Å². The Labute approximate surface area is 122 Å². The van der Waals surface area contributed by atoms with E-state index >= 15 is 0 Å². The van der Waals surface area contributed by atoms with Crippen molar-refractivity contribution in [2.45, 2.75) is 38.6 Å². The highest BCUT2D eigenvalue weighted by Crippen LogP contribution is 2.35. The highest BCUT2D eigenvalue weighted by atomic mass is 79.9. The fraction of sp³-hybridized carbons (Fsp3) is 0.500. The van der Waals surface area contributed by atoms with Gasteiger partial charge in [0.2, 0.25) is 0 Å². The summed E-state index contributed by atoms with van der Waals surface area (Å²) < 4.78 is 1.01. The summed E-state index contributed by atoms with van der Waals surface area (Å²) in [6, 6.07) is 6.48. The predicted molar refractivity (Wildman–Crippen MR) is 81.9 cm³/mol. The summed E-state index contributed by atoms with van der Waals surface area (Å²) in [5.74, 6) is 0.171. The molecule has 1 fully saturated rings. The monoisotopic (exact) mass is 325 g/mol. The van der Waals surface area contributed by atoms with Crippen LogP contribution in [0.15, 0.2) is 27.8 Å². The van der Waals surface area contributed by atoms with Gasteiger partial charge in [0.1, 0.15) is 0 Å². The molecule has 1 aromatic carbocycles. The summed E-state index contributed by atoms with van der Waals surface area (Å²) in [5, 5.41) is 12.1. The van der Waals surface area contributed by atoms with Gasteiger partial charge in [-0.1, -0.05) is 34.4 Å². The minimum Gasteiger partial charge on any atom is -0.409 e. The molecule has 0 bridgehead atoms. The number of hydrogen-bond acceptors (Lipinski definition) is 3. The Morgan fingerprint density at radius 2 is 2.26 bits per heavy atom. The number of benzene rings is 1. The molecule has 0 heterocycles. The van der Waals surface area contributed by atoms with E-state index in [0.29, 0.717) is 6.04 Å². The fourth-order valence-electron chi connectivity index (χ4n) is 2.23. The Kier molecular flexibility index (Phi) is 4.69. The van der Waals surface area contributed by atoms with E-state index in [2.05, 4.69) is 39.0 Å². The number of anilines is 1. The van der Waals surface area contributed by atoms with Crippen LogP contribution in [0.2, 0.25) is 0 Å². The first-order chi connectivity index (χ1) is 9.17. The minimum atomic E-state index is 0.171. The number of oxime groups is 1. The molecule has 0 spiro atoms. The van der Waals surface area contributed by atoms with Crippen LogP contribution in [0.4, 0.5) is 5.69 Å². The SMILES string of the molecule is CCCCN(c1cc(Br)ccc1/C(N)=N/O)C1CC1. The van der Waals surface area contributed by atoms with E-state index in [1.165, 1.54) is 12.8 Å². The van der Waals surface area contributed by atoms with Crippen LogP contribution in [0, 0.1) is 0 Å². The van der Waals surface area contributed by atoms with E-state index < -0.39 is 0 Å². The number of amidine groups is 1. The molecule has 1 aliphatic carbocycles. The Hall–Kier alpha value is -1.23. The van der Waals surface area contributed by atoms with Gasteiger partial charge in [-0.2, -0.15) is 0 Å². The van der Waals surface area contributed by atoms with Gasteiger partial charge >= 0.3 is 0 Å². The Morgan fingerprint density at radius 3 is 2.84 bits per heavy atom. The van der Waals surface area contributed by atoms with Crippen molar-refractivity contribution in [3.05, 3.63) is 28.2 Å². The van der Waals surface area contributed by atoms with Crippen LogP contribution in [-0.2, 0) is 0 Å². The average molecular weight is 326 g/mol. The highest BCUT2D eigenvalue weighted by Gasteiger charge is 2.30. The summed E-state index contributed by atoms with van der Waals surface area (Å²) in [7, 11) is 0. The van der Waals surface area contributed by atoms with Gasteiger partial charge in [-0.05, 0) is 37.5 Å². The summed E-state index contributed by atoms with van der Waals surface area (Å²) in [6.45, 7) is 3.21. The molecule has 0 radical (unpaired) electrons. The van der Waals surface area contributed by atoms with E-state index in [-0.39, 0.29) is 5.84 Å². The standard InChI is InChI=1S/C14H20BrN3O/c1-2-3-8-18(11-5-6-11)13-9-10(15)4-7-12(13)14(16)17-19/h4,7,9,11,19H,2-3,5-6,8H2,1H3,(H2,16,17). The van der Waals surface area contributed by atoms with Crippen LogP contribution < -0.4 is 10.6 Å². The summed E-state index contributed by atoms with van der Waals surface area (Å²) in [4.78, 5) is 2.39. The molecule has 1 aromatic rings. The van der Waals surface area contributed by atoms with Crippen LogP contribution >= 0.6 is 15.9 Å². The van der Waals surface area contributed by atoms with Crippen LogP contribution in [0.25, 0.3) is 0 Å². The van der Waals surface area contributed by atoms with Gasteiger partial charge in [0, 0.05) is 28.3 Å². The number of nitrogens with zero attached hydrogens (tertiary/aromatic N) is 2. The number of hydrogen-bond donors (Lipinski definition) is 2. The Morgan fingerprint density at radius 1 is 1.53 bits per heavy atom. The van der Waals surface area contributed by atoms with Gasteiger partial charge in [0.15, 0.2) is 5.84 Å². The van der Waals surface area contributed by atoms with Crippen molar-refractivity contribution in [2.75, 3.05) is 11.4 Å². The second kappa shape index (κ2) is 6.28. The van der Waals surface area contributed by atoms with Crippen molar-refractivity contribution >= 4 is 27.5 Å². The van der Waals surface area contributed by atoms with Crippen LogP contribution in [0.5, 0.6) is 0 Å². The zero-order valence-corrected chi connectivity index (χ0v) is 12.7. The van der Waals surface area contributed by atoms with Crippen LogP contribution in [-0.4, -0.2) is 23.6 Å². The van der Waals surface area contributed by atoms with Crippen molar-refractivity contribution in [3.63, 3.8) is 0 Å². The van der Waals surface area contributed by atoms with Crippen molar-refractivity contribution in [2.24, 2.45) is 10.9 Å². The smallest absolute Gasteiger partial charge is 0.172 e. The zero-order chi connectivity index (χ0) is 13.8. The fourth-order valence-corrected chi connectivity index (χ4v) is 2.58. The van der Waals surface area contributed by atoms with E-state index in [1.807, 2.05) is 12.1 Å². The van der Waals surface area contributed by atoms with Gasteiger partial charge in [0.25, 0.3) is 0 Å². The molecule has 1 aliphatic rings. The van der Waals surface area contributed by atoms with Crippen LogP contribution in [0.1, 0.15) is 38.2 Å². The lowest BCUT2D eigenvalue weighted by atomic mass is 10.1. The second-order valence-electron chi connectivity index (χ2n) is 4.92. The first kappa shape index (κ1) is 14.2. The Bertz CT molecular complexity index is 472. The first-order valence-electron chi connectivity index (χ1n) is 6.71. The molecule has 4 nitrogen and oxygen atoms in total. The van der Waals surface area contributed by atoms with Crippen LogP contribution in [0.3, 0.4) is 0 Å². The Balaban J connectivity index is 2.36. The van der Waals surface area contributed by atoms with E-state index in [0.717, 1.165) is 35.1 Å². The van der Waals surface area contributed by atoms with Crippen molar-refractivity contribution in [1.82, 2.24) is 0 Å². The molecule has 0 atom stereocenters. The normalized spacial score (nSPS) is 15.6. The second-order valence-corrected chi connectivity index (χ2v) is 5.84. The summed E-state index contributed by atoms with van der Waals surface area (Å²) in [6.07, 6.45) is 4.77. The number of nitrogens with two attached hydrogens (primary N) is 1. The van der Waals surface area contributed by atoms with Gasteiger partial charge in [-0.15, -0.1) is 0 Å². The molecule has 0 aromatic heterocycles. The molecule has 104 valence electrons. The molecule has 2 rings (SSSR count). The molecular formula is C14H20BrN3O. The van der Waals surface area contributed by atoms with Gasteiger partial charge in [-0.25, -0.2) is 0 Å². The molecule has 19 heavy (non-hydrogen) atoms. The average Bonchev–Trinajstić information content (AvgIpc) is 3.23. The predicted octanol–water partition coefficient (Wildman–Crippen LogP) is 3.31. The molecule has 0 aliphatic heterocycles. The number of rotatable bonds is 6. The lowest BCUT2D eigenvalue weighted by molar-refractivity contribution is 0.318. The zero-order valence-electron chi connectivity index (χ0n) is 11.1. The quantitative estimate of drug-likeness (QED) is 0.365. The molecule has 0 saturated heterocycles. The summed E-state index contributed by atoms with van der Waals surface area (Å²) >= 11 is 3.50. The first-order valence-corrected chi connectivity index (χ1v) is 7.50. The minimum absolute atomic E-state index is 0.171. The largest absolute Gasteiger partial charge is 0.409 e. The summed E-state index contributed by atoms with van der Waals surface area (Å²) in [5.41, 5.74) is 7.65. The molecule has 3 N–H and O–H groups in total.